The molecule has 1 aromatic heterocycles. The van der Waals surface area contributed by atoms with Crippen LogP contribution in [0.25, 0.3) is 0 Å². The molecule has 0 saturated carbocycles. The number of aryl methyl sites for hydroxylation is 1. The lowest BCUT2D eigenvalue weighted by Gasteiger charge is -2.05. The predicted molar refractivity (Wildman–Crippen MR) is 80.3 cm³/mol. The molecule has 0 bridgehead atoms. The normalized spacial score (nSPS) is 10.7. The highest BCUT2D eigenvalue weighted by Gasteiger charge is 2.06. The van der Waals surface area contributed by atoms with Crippen molar-refractivity contribution in [3.05, 3.63) is 56.5 Å². The standard InChI is InChI=1S/C14H13Cl3N2/c1-2-3-10-8-13(17)19-14(18-10)7-9-4-5-11(15)12(16)6-9/h4-6,8H,2-3,7H2,1H3. The summed E-state index contributed by atoms with van der Waals surface area (Å²) in [5.74, 6) is 0.703. The molecule has 1 aromatic carbocycles. The average molecular weight is 316 g/mol. The van der Waals surface area contributed by atoms with E-state index in [-0.39, 0.29) is 0 Å². The van der Waals surface area contributed by atoms with Crippen LogP contribution in [-0.4, -0.2) is 9.97 Å². The van der Waals surface area contributed by atoms with Crippen molar-refractivity contribution in [2.45, 2.75) is 26.2 Å². The Morgan fingerprint density at radius 3 is 2.47 bits per heavy atom. The van der Waals surface area contributed by atoms with E-state index in [4.69, 9.17) is 34.8 Å². The summed E-state index contributed by atoms with van der Waals surface area (Å²) in [6.07, 6.45) is 2.52. The van der Waals surface area contributed by atoms with E-state index in [2.05, 4.69) is 16.9 Å². The van der Waals surface area contributed by atoms with Crippen LogP contribution < -0.4 is 0 Å². The third-order valence-electron chi connectivity index (χ3n) is 2.65. The third-order valence-corrected chi connectivity index (χ3v) is 3.58. The number of hydrogen-bond acceptors (Lipinski definition) is 2. The molecule has 0 amide bonds. The van der Waals surface area contributed by atoms with Crippen LogP contribution in [0, 0.1) is 0 Å². The summed E-state index contributed by atoms with van der Waals surface area (Å²) >= 11 is 17.9. The fourth-order valence-corrected chi connectivity index (χ4v) is 2.36. The first kappa shape index (κ1) is 14.6. The van der Waals surface area contributed by atoms with E-state index >= 15 is 0 Å². The maximum absolute atomic E-state index is 6.01. The minimum absolute atomic E-state index is 0.480. The van der Waals surface area contributed by atoms with Crippen molar-refractivity contribution in [1.82, 2.24) is 9.97 Å². The van der Waals surface area contributed by atoms with Gasteiger partial charge >= 0.3 is 0 Å². The highest BCUT2D eigenvalue weighted by atomic mass is 35.5. The van der Waals surface area contributed by atoms with Gasteiger partial charge in [-0.2, -0.15) is 0 Å². The summed E-state index contributed by atoms with van der Waals surface area (Å²) in [5, 5.41) is 1.56. The number of hydrogen-bond donors (Lipinski definition) is 0. The van der Waals surface area contributed by atoms with Gasteiger partial charge < -0.3 is 0 Å². The summed E-state index contributed by atoms with van der Waals surface area (Å²) in [6.45, 7) is 2.11. The van der Waals surface area contributed by atoms with Crippen LogP contribution in [0.4, 0.5) is 0 Å². The maximum Gasteiger partial charge on any atom is 0.134 e. The first-order valence-electron chi connectivity index (χ1n) is 6.04. The molecule has 0 fully saturated rings. The lowest BCUT2D eigenvalue weighted by molar-refractivity contribution is 0.841. The van der Waals surface area contributed by atoms with E-state index in [1.165, 1.54) is 0 Å². The van der Waals surface area contributed by atoms with Gasteiger partial charge in [0, 0.05) is 12.1 Å². The molecule has 0 saturated heterocycles. The van der Waals surface area contributed by atoms with Gasteiger partial charge in [0.05, 0.1) is 10.0 Å². The lowest BCUT2D eigenvalue weighted by atomic mass is 10.1. The molecule has 5 heteroatoms. The van der Waals surface area contributed by atoms with Crippen LogP contribution >= 0.6 is 34.8 Å². The van der Waals surface area contributed by atoms with E-state index in [9.17, 15) is 0 Å². The molecule has 19 heavy (non-hydrogen) atoms. The Kier molecular flexibility index (Phi) is 5.03. The molecule has 0 unspecified atom stereocenters. The van der Waals surface area contributed by atoms with Gasteiger partial charge in [0.2, 0.25) is 0 Å². The smallest absolute Gasteiger partial charge is 0.134 e. The molecule has 0 atom stereocenters. The molecule has 0 radical (unpaired) electrons. The van der Waals surface area contributed by atoms with E-state index < -0.39 is 0 Å². The van der Waals surface area contributed by atoms with Crippen LogP contribution in [0.15, 0.2) is 24.3 Å². The zero-order chi connectivity index (χ0) is 13.8. The van der Waals surface area contributed by atoms with Gasteiger partial charge in [0.1, 0.15) is 11.0 Å². The van der Waals surface area contributed by atoms with Crippen molar-refractivity contribution in [2.75, 3.05) is 0 Å². The molecule has 0 aliphatic rings. The number of aromatic nitrogens is 2. The van der Waals surface area contributed by atoms with Crippen LogP contribution in [0.1, 0.15) is 30.4 Å². The first-order valence-corrected chi connectivity index (χ1v) is 7.18. The van der Waals surface area contributed by atoms with Crippen LogP contribution in [0.2, 0.25) is 15.2 Å². The van der Waals surface area contributed by atoms with Gasteiger partial charge in [0.15, 0.2) is 0 Å². The fourth-order valence-electron chi connectivity index (χ4n) is 1.81. The second kappa shape index (κ2) is 6.56. The van der Waals surface area contributed by atoms with Crippen molar-refractivity contribution in [3.63, 3.8) is 0 Å². The maximum atomic E-state index is 6.01. The quantitative estimate of drug-likeness (QED) is 0.744. The van der Waals surface area contributed by atoms with Crippen molar-refractivity contribution >= 4 is 34.8 Å². The van der Waals surface area contributed by atoms with Crippen LogP contribution in [0.3, 0.4) is 0 Å². The van der Waals surface area contributed by atoms with Gasteiger partial charge in [-0.05, 0) is 30.2 Å². The van der Waals surface area contributed by atoms with Gasteiger partial charge in [0.25, 0.3) is 0 Å². The number of benzene rings is 1. The van der Waals surface area contributed by atoms with Gasteiger partial charge in [-0.15, -0.1) is 0 Å². The van der Waals surface area contributed by atoms with E-state index in [0.29, 0.717) is 27.4 Å². The summed E-state index contributed by atoms with van der Waals surface area (Å²) in [7, 11) is 0. The molecule has 1 heterocycles. The Hall–Kier alpha value is -0.830. The number of nitrogens with zero attached hydrogens (tertiary/aromatic N) is 2. The Morgan fingerprint density at radius 1 is 1.00 bits per heavy atom. The molecule has 0 spiro atoms. The van der Waals surface area contributed by atoms with Gasteiger partial charge in [-0.3, -0.25) is 0 Å². The molecule has 2 nitrogen and oxygen atoms in total. The summed E-state index contributed by atoms with van der Waals surface area (Å²) in [4.78, 5) is 8.74. The molecule has 2 aromatic rings. The molecular weight excluding hydrogens is 303 g/mol. The molecule has 0 aliphatic heterocycles. The number of rotatable bonds is 4. The second-order valence-electron chi connectivity index (χ2n) is 4.27. The van der Waals surface area contributed by atoms with Crippen molar-refractivity contribution in [2.24, 2.45) is 0 Å². The van der Waals surface area contributed by atoms with Crippen molar-refractivity contribution < 1.29 is 0 Å². The predicted octanol–water partition coefficient (Wildman–Crippen LogP) is 4.98. The highest BCUT2D eigenvalue weighted by Crippen LogP contribution is 2.23. The lowest BCUT2D eigenvalue weighted by Crippen LogP contribution is -2.01. The topological polar surface area (TPSA) is 25.8 Å². The van der Waals surface area contributed by atoms with E-state index in [1.807, 2.05) is 18.2 Å². The Labute approximate surface area is 127 Å². The molecule has 0 N–H and O–H groups in total. The zero-order valence-electron chi connectivity index (χ0n) is 10.5. The summed E-state index contributed by atoms with van der Waals surface area (Å²) in [6, 6.07) is 7.33. The minimum atomic E-state index is 0.480. The molecular formula is C14H13Cl3N2. The van der Waals surface area contributed by atoms with Gasteiger partial charge in [-0.1, -0.05) is 54.2 Å². The fraction of sp³-hybridized carbons (Fsp3) is 0.286. The summed E-state index contributed by atoms with van der Waals surface area (Å²) in [5.41, 5.74) is 1.98. The van der Waals surface area contributed by atoms with E-state index in [0.717, 1.165) is 24.1 Å². The van der Waals surface area contributed by atoms with Crippen molar-refractivity contribution in [1.29, 1.82) is 0 Å². The third kappa shape index (κ3) is 4.07. The largest absolute Gasteiger partial charge is 0.237 e. The van der Waals surface area contributed by atoms with Crippen LogP contribution in [0.5, 0.6) is 0 Å². The average Bonchev–Trinajstić information content (AvgIpc) is 2.33. The Bertz CT molecular complexity index is 585. The molecule has 2 rings (SSSR count). The monoisotopic (exact) mass is 314 g/mol. The van der Waals surface area contributed by atoms with Crippen LogP contribution in [-0.2, 0) is 12.8 Å². The minimum Gasteiger partial charge on any atom is -0.237 e. The molecule has 100 valence electrons. The first-order chi connectivity index (χ1) is 9.08. The summed E-state index contributed by atoms with van der Waals surface area (Å²) < 4.78 is 0. The van der Waals surface area contributed by atoms with E-state index in [1.54, 1.807) is 6.07 Å². The Morgan fingerprint density at radius 2 is 1.79 bits per heavy atom. The van der Waals surface area contributed by atoms with Gasteiger partial charge in [-0.25, -0.2) is 9.97 Å². The Balaban J connectivity index is 2.24. The van der Waals surface area contributed by atoms with Crippen molar-refractivity contribution in [3.8, 4) is 0 Å². The SMILES string of the molecule is CCCc1cc(Cl)nc(Cc2ccc(Cl)c(Cl)c2)n1. The zero-order valence-corrected chi connectivity index (χ0v) is 12.7. The number of halogens is 3. The second-order valence-corrected chi connectivity index (χ2v) is 5.48. The molecule has 0 aliphatic carbocycles. The highest BCUT2D eigenvalue weighted by molar-refractivity contribution is 6.42.